The molecule has 2 aliphatic rings. The molecule has 1 unspecified atom stereocenters. The molecular weight excluding hydrogens is 702 g/mol. The summed E-state index contributed by atoms with van der Waals surface area (Å²) in [4.78, 5) is 46.2. The van der Waals surface area contributed by atoms with Gasteiger partial charge in [0.25, 0.3) is 5.91 Å². The summed E-state index contributed by atoms with van der Waals surface area (Å²) in [6, 6.07) is 20.9. The Labute approximate surface area is 309 Å². The van der Waals surface area contributed by atoms with E-state index >= 15 is 0 Å². The summed E-state index contributed by atoms with van der Waals surface area (Å²) in [5.74, 6) is -0.483. The zero-order chi connectivity index (χ0) is 37.2. The molecule has 2 aliphatic heterocycles. The molecule has 0 radical (unpaired) electrons. The van der Waals surface area contributed by atoms with E-state index in [1.807, 2.05) is 55.1 Å². The predicted molar refractivity (Wildman–Crippen MR) is 205 cm³/mol. The van der Waals surface area contributed by atoms with Crippen molar-refractivity contribution >= 4 is 55.8 Å². The van der Waals surface area contributed by atoms with Crippen LogP contribution in [0.15, 0.2) is 93.3 Å². The van der Waals surface area contributed by atoms with Gasteiger partial charge in [0, 0.05) is 75.2 Å². The maximum Gasteiger partial charge on any atom is 0.287 e. The number of amides is 2. The molecule has 3 aromatic carbocycles. The number of piperazine rings is 1. The molecule has 274 valence electrons. The van der Waals surface area contributed by atoms with E-state index in [2.05, 4.69) is 27.2 Å². The number of likely N-dealkylation sites (tertiary alicyclic amines) is 1. The van der Waals surface area contributed by atoms with Crippen LogP contribution in [-0.4, -0.2) is 82.1 Å². The molecule has 4 aromatic rings. The van der Waals surface area contributed by atoms with Crippen LogP contribution in [0.25, 0.3) is 11.0 Å². The van der Waals surface area contributed by atoms with E-state index in [1.54, 1.807) is 0 Å². The molecule has 0 spiro atoms. The molecule has 1 aromatic heterocycles. The van der Waals surface area contributed by atoms with Gasteiger partial charge in [-0.1, -0.05) is 47.5 Å². The molecule has 52 heavy (non-hydrogen) atoms. The number of nitrogens with zero attached hydrogens (tertiary/aromatic N) is 4. The van der Waals surface area contributed by atoms with Gasteiger partial charge in [0.2, 0.25) is 15.9 Å². The lowest BCUT2D eigenvalue weighted by Crippen LogP contribution is -2.51. The number of hydrogen-bond donors (Lipinski definition) is 1. The highest BCUT2D eigenvalue weighted by atomic mass is 35.5. The van der Waals surface area contributed by atoms with Crippen molar-refractivity contribution in [1.82, 2.24) is 15.1 Å². The highest BCUT2D eigenvalue weighted by Gasteiger charge is 2.29. The molecule has 0 aliphatic carbocycles. The SMILES string of the molecule is CC(C)=C(C(Cc1ccc(Cl)cc1)NC(=O)c1cc(=O)c2cc(N(C)S(C)(=O)=O)ccc2o1)N1CCN(c2ccccc2CN2CCCC2=O)CC1. The Hall–Kier alpha value is -4.81. The quantitative estimate of drug-likeness (QED) is 0.216. The topological polar surface area (TPSA) is 123 Å². The molecule has 3 heterocycles. The van der Waals surface area contributed by atoms with Gasteiger partial charge in [0.05, 0.1) is 23.4 Å². The van der Waals surface area contributed by atoms with Crippen molar-refractivity contribution in [3.8, 4) is 0 Å². The molecule has 0 saturated carbocycles. The Kier molecular flexibility index (Phi) is 11.0. The van der Waals surface area contributed by atoms with Gasteiger partial charge >= 0.3 is 0 Å². The van der Waals surface area contributed by atoms with Crippen LogP contribution in [0.5, 0.6) is 0 Å². The lowest BCUT2D eigenvalue weighted by atomic mass is 9.98. The zero-order valence-electron chi connectivity index (χ0n) is 29.9. The van der Waals surface area contributed by atoms with E-state index < -0.39 is 27.4 Å². The Morgan fingerprint density at radius 3 is 2.33 bits per heavy atom. The molecule has 0 bridgehead atoms. The summed E-state index contributed by atoms with van der Waals surface area (Å²) in [5, 5.41) is 3.95. The van der Waals surface area contributed by atoms with Crippen molar-refractivity contribution in [3.63, 3.8) is 0 Å². The van der Waals surface area contributed by atoms with Crippen LogP contribution in [0.3, 0.4) is 0 Å². The fourth-order valence-electron chi connectivity index (χ4n) is 7.05. The molecule has 2 fully saturated rings. The Bertz CT molecular complexity index is 2170. The number of para-hydroxylation sites is 1. The minimum atomic E-state index is -3.55. The Morgan fingerprint density at radius 2 is 1.67 bits per heavy atom. The first-order chi connectivity index (χ1) is 24.8. The van der Waals surface area contributed by atoms with Crippen LogP contribution < -0.4 is 20.0 Å². The van der Waals surface area contributed by atoms with E-state index in [-0.39, 0.29) is 22.6 Å². The summed E-state index contributed by atoms with van der Waals surface area (Å²) in [6.45, 7) is 8.38. The highest BCUT2D eigenvalue weighted by Crippen LogP contribution is 2.28. The Balaban J connectivity index is 1.24. The summed E-state index contributed by atoms with van der Waals surface area (Å²) in [5.41, 5.74) is 5.28. The molecular formula is C39H44ClN5O6S. The van der Waals surface area contributed by atoms with E-state index in [1.165, 1.54) is 25.2 Å². The summed E-state index contributed by atoms with van der Waals surface area (Å²) in [7, 11) is -2.14. The number of benzene rings is 3. The number of rotatable bonds is 11. The minimum absolute atomic E-state index is 0.145. The first kappa shape index (κ1) is 37.0. The van der Waals surface area contributed by atoms with Gasteiger partial charge in [0.15, 0.2) is 11.2 Å². The monoisotopic (exact) mass is 745 g/mol. The molecule has 6 rings (SSSR count). The number of carbonyl (C=O) groups is 2. The fourth-order valence-corrected chi connectivity index (χ4v) is 7.67. The van der Waals surface area contributed by atoms with Crippen molar-refractivity contribution in [2.75, 3.05) is 55.2 Å². The number of allylic oxidation sites excluding steroid dienone is 1. The first-order valence-corrected chi connectivity index (χ1v) is 19.6. The zero-order valence-corrected chi connectivity index (χ0v) is 31.5. The van der Waals surface area contributed by atoms with Crippen LogP contribution in [0, 0.1) is 0 Å². The maximum absolute atomic E-state index is 13.9. The second-order valence-corrected chi connectivity index (χ2v) is 16.1. The summed E-state index contributed by atoms with van der Waals surface area (Å²) in [6.07, 6.45) is 3.06. The predicted octanol–water partition coefficient (Wildman–Crippen LogP) is 5.42. The number of hydrogen-bond acceptors (Lipinski definition) is 8. The number of fused-ring (bicyclic) bond motifs is 1. The normalized spacial score (nSPS) is 15.6. The van der Waals surface area contributed by atoms with Gasteiger partial charge in [-0.25, -0.2) is 8.42 Å². The molecule has 13 heteroatoms. The number of anilines is 2. The standard InChI is InChI=1S/C39H44ClN5O6S/c1-26(2)38(44-20-18-43(19-21-44)33-9-6-5-8-28(33)25-45-17-7-10-37(45)47)32(22-27-11-13-29(40)14-12-27)41-39(48)36-24-34(46)31-23-30(15-16-35(31)51-36)42(3)52(4,49)50/h5-6,8-9,11-16,23-24,32H,7,10,17-22,25H2,1-4H3,(H,41,48). The second-order valence-electron chi connectivity index (χ2n) is 13.6. The van der Waals surface area contributed by atoms with E-state index in [9.17, 15) is 22.8 Å². The molecule has 1 atom stereocenters. The van der Waals surface area contributed by atoms with Gasteiger partial charge in [-0.2, -0.15) is 0 Å². The lowest BCUT2D eigenvalue weighted by Gasteiger charge is -2.42. The third-order valence-corrected chi connectivity index (χ3v) is 11.2. The third kappa shape index (κ3) is 8.29. The molecule has 2 amide bonds. The van der Waals surface area contributed by atoms with Crippen molar-refractivity contribution in [3.05, 3.63) is 116 Å². The molecule has 2 saturated heterocycles. The van der Waals surface area contributed by atoms with E-state index in [4.69, 9.17) is 16.0 Å². The van der Waals surface area contributed by atoms with Gasteiger partial charge < -0.3 is 24.4 Å². The highest BCUT2D eigenvalue weighted by molar-refractivity contribution is 7.92. The van der Waals surface area contributed by atoms with Gasteiger partial charge in [-0.3, -0.25) is 18.7 Å². The van der Waals surface area contributed by atoms with E-state index in [0.29, 0.717) is 43.2 Å². The average Bonchev–Trinajstić information content (AvgIpc) is 3.52. The fraction of sp³-hybridized carbons (Fsp3) is 0.359. The lowest BCUT2D eigenvalue weighted by molar-refractivity contribution is -0.128. The van der Waals surface area contributed by atoms with Crippen LogP contribution in [0.1, 0.15) is 48.4 Å². The van der Waals surface area contributed by atoms with Crippen LogP contribution in [-0.2, 0) is 27.8 Å². The third-order valence-electron chi connectivity index (χ3n) is 9.78. The van der Waals surface area contributed by atoms with Crippen molar-refractivity contribution in [1.29, 1.82) is 0 Å². The van der Waals surface area contributed by atoms with Crippen LogP contribution in [0.4, 0.5) is 11.4 Å². The number of carbonyl (C=O) groups excluding carboxylic acids is 2. The van der Waals surface area contributed by atoms with Crippen molar-refractivity contribution in [2.45, 2.75) is 45.7 Å². The van der Waals surface area contributed by atoms with Gasteiger partial charge in [-0.05, 0) is 74.2 Å². The van der Waals surface area contributed by atoms with Crippen LogP contribution in [0.2, 0.25) is 5.02 Å². The van der Waals surface area contributed by atoms with Crippen LogP contribution >= 0.6 is 11.6 Å². The van der Waals surface area contributed by atoms with Gasteiger partial charge in [-0.15, -0.1) is 0 Å². The van der Waals surface area contributed by atoms with Crippen molar-refractivity contribution in [2.24, 2.45) is 0 Å². The minimum Gasteiger partial charge on any atom is -0.451 e. The largest absolute Gasteiger partial charge is 0.451 e. The second kappa shape index (κ2) is 15.4. The molecule has 11 nitrogen and oxygen atoms in total. The van der Waals surface area contributed by atoms with Crippen molar-refractivity contribution < 1.29 is 22.4 Å². The Morgan fingerprint density at radius 1 is 0.962 bits per heavy atom. The molecule has 1 N–H and O–H groups in total. The van der Waals surface area contributed by atoms with E-state index in [0.717, 1.165) is 70.8 Å². The summed E-state index contributed by atoms with van der Waals surface area (Å²) >= 11 is 6.20. The number of nitrogens with one attached hydrogen (secondary N) is 1. The number of sulfonamides is 1. The maximum atomic E-state index is 13.9. The smallest absolute Gasteiger partial charge is 0.287 e. The number of halogens is 1. The average molecular weight is 746 g/mol. The summed E-state index contributed by atoms with van der Waals surface area (Å²) < 4.78 is 31.2. The first-order valence-electron chi connectivity index (χ1n) is 17.4. The van der Waals surface area contributed by atoms with Gasteiger partial charge in [0.1, 0.15) is 5.58 Å².